The second kappa shape index (κ2) is 7.05. The van der Waals surface area contributed by atoms with Gasteiger partial charge in [0, 0.05) is 19.1 Å². The van der Waals surface area contributed by atoms with Crippen molar-refractivity contribution in [1.82, 2.24) is 10.2 Å². The minimum Gasteiger partial charge on any atom is -0.370 e. The largest absolute Gasteiger partial charge is 0.370 e. The number of nitrogens with two attached hydrogens (primary N) is 3. The molecule has 0 spiro atoms. The summed E-state index contributed by atoms with van der Waals surface area (Å²) in [7, 11) is 0. The van der Waals surface area contributed by atoms with E-state index in [1.807, 2.05) is 4.90 Å². The molecule has 1 unspecified atom stereocenters. The second-order valence-electron chi connectivity index (χ2n) is 4.80. The van der Waals surface area contributed by atoms with Crippen LogP contribution in [0.5, 0.6) is 0 Å². The molecule has 1 saturated heterocycles. The normalized spacial score (nSPS) is 18.8. The SMILES string of the molecule is NC(=O)CC(N)C(=O)NC1CCN(CC(N)=O)CC1. The van der Waals surface area contributed by atoms with Crippen LogP contribution in [0.4, 0.5) is 0 Å². The van der Waals surface area contributed by atoms with Gasteiger partial charge in [0.1, 0.15) is 0 Å². The van der Waals surface area contributed by atoms with Crippen LogP contribution in [0.3, 0.4) is 0 Å². The van der Waals surface area contributed by atoms with Gasteiger partial charge in [0.2, 0.25) is 17.7 Å². The minimum atomic E-state index is -0.902. The molecular weight excluding hydrogens is 250 g/mol. The summed E-state index contributed by atoms with van der Waals surface area (Å²) in [6, 6.07) is -0.892. The van der Waals surface area contributed by atoms with Gasteiger partial charge in [-0.3, -0.25) is 19.3 Å². The van der Waals surface area contributed by atoms with Crippen molar-refractivity contribution in [2.75, 3.05) is 19.6 Å². The summed E-state index contributed by atoms with van der Waals surface area (Å²) in [5.41, 5.74) is 15.6. The van der Waals surface area contributed by atoms with Crippen molar-refractivity contribution >= 4 is 17.7 Å². The fraction of sp³-hybridized carbons (Fsp3) is 0.727. The standard InChI is InChI=1S/C11H21N5O3/c12-8(5-9(13)17)11(19)15-7-1-3-16(4-2-7)6-10(14)18/h7-8H,1-6,12H2,(H2,13,17)(H2,14,18)(H,15,19). The third-order valence-electron chi connectivity index (χ3n) is 3.07. The first-order valence-electron chi connectivity index (χ1n) is 6.23. The zero-order valence-corrected chi connectivity index (χ0v) is 10.8. The minimum absolute atomic E-state index is 0.00977. The van der Waals surface area contributed by atoms with E-state index in [-0.39, 0.29) is 30.8 Å². The Hall–Kier alpha value is -1.67. The highest BCUT2D eigenvalue weighted by atomic mass is 16.2. The van der Waals surface area contributed by atoms with Gasteiger partial charge in [-0.2, -0.15) is 0 Å². The average Bonchev–Trinajstić information content (AvgIpc) is 2.30. The maximum atomic E-state index is 11.7. The van der Waals surface area contributed by atoms with Gasteiger partial charge in [0.05, 0.1) is 19.0 Å². The molecule has 0 saturated carbocycles. The molecular formula is C11H21N5O3. The summed E-state index contributed by atoms with van der Waals surface area (Å²) in [6.45, 7) is 1.62. The molecule has 0 radical (unpaired) electrons. The lowest BCUT2D eigenvalue weighted by atomic mass is 10.0. The maximum absolute atomic E-state index is 11.7. The molecule has 1 aliphatic heterocycles. The zero-order chi connectivity index (χ0) is 14.4. The Morgan fingerprint density at radius 2 is 1.74 bits per heavy atom. The molecule has 1 atom stereocenters. The number of nitrogens with one attached hydrogen (secondary N) is 1. The molecule has 1 fully saturated rings. The van der Waals surface area contributed by atoms with Crippen molar-refractivity contribution in [2.24, 2.45) is 17.2 Å². The number of hydrogen-bond acceptors (Lipinski definition) is 5. The fourth-order valence-corrected chi connectivity index (χ4v) is 2.07. The van der Waals surface area contributed by atoms with Crippen LogP contribution in [0.2, 0.25) is 0 Å². The molecule has 1 aliphatic rings. The number of primary amides is 2. The van der Waals surface area contributed by atoms with Crippen LogP contribution >= 0.6 is 0 Å². The predicted molar refractivity (Wildman–Crippen MR) is 68.6 cm³/mol. The molecule has 0 aliphatic carbocycles. The van der Waals surface area contributed by atoms with Crippen LogP contribution in [0.25, 0.3) is 0 Å². The van der Waals surface area contributed by atoms with Crippen molar-refractivity contribution in [3.8, 4) is 0 Å². The van der Waals surface area contributed by atoms with E-state index in [2.05, 4.69) is 5.32 Å². The summed E-state index contributed by atoms with van der Waals surface area (Å²) in [5, 5.41) is 2.78. The van der Waals surface area contributed by atoms with E-state index < -0.39 is 11.9 Å². The maximum Gasteiger partial charge on any atom is 0.237 e. The molecule has 3 amide bonds. The summed E-state index contributed by atoms with van der Waals surface area (Å²) >= 11 is 0. The van der Waals surface area contributed by atoms with Gasteiger partial charge >= 0.3 is 0 Å². The van der Waals surface area contributed by atoms with E-state index in [0.29, 0.717) is 13.1 Å². The molecule has 108 valence electrons. The van der Waals surface area contributed by atoms with Crippen molar-refractivity contribution in [3.05, 3.63) is 0 Å². The smallest absolute Gasteiger partial charge is 0.237 e. The van der Waals surface area contributed by atoms with E-state index in [9.17, 15) is 14.4 Å². The number of rotatable bonds is 6. The summed E-state index contributed by atoms with van der Waals surface area (Å²) in [6.07, 6.45) is 1.29. The number of carbonyl (C=O) groups excluding carboxylic acids is 3. The third-order valence-corrected chi connectivity index (χ3v) is 3.07. The Morgan fingerprint density at radius 1 is 1.16 bits per heavy atom. The average molecular weight is 271 g/mol. The molecule has 1 heterocycles. The molecule has 7 N–H and O–H groups in total. The van der Waals surface area contributed by atoms with Gasteiger partial charge in [-0.05, 0) is 12.8 Å². The quantitative estimate of drug-likeness (QED) is 0.414. The van der Waals surface area contributed by atoms with Gasteiger partial charge in [-0.1, -0.05) is 0 Å². The van der Waals surface area contributed by atoms with Gasteiger partial charge in [0.15, 0.2) is 0 Å². The summed E-state index contributed by atoms with van der Waals surface area (Å²) in [5.74, 6) is -1.32. The molecule has 1 rings (SSSR count). The highest BCUT2D eigenvalue weighted by Gasteiger charge is 2.24. The highest BCUT2D eigenvalue weighted by Crippen LogP contribution is 2.10. The van der Waals surface area contributed by atoms with E-state index in [1.54, 1.807) is 0 Å². The molecule has 0 aromatic carbocycles. The Bertz CT molecular complexity index is 352. The number of piperidine rings is 1. The molecule has 8 heteroatoms. The van der Waals surface area contributed by atoms with E-state index >= 15 is 0 Å². The Labute approximate surface area is 111 Å². The lowest BCUT2D eigenvalue weighted by Gasteiger charge is -2.31. The van der Waals surface area contributed by atoms with Crippen LogP contribution in [0.1, 0.15) is 19.3 Å². The van der Waals surface area contributed by atoms with Crippen LogP contribution in [0, 0.1) is 0 Å². The van der Waals surface area contributed by atoms with E-state index in [4.69, 9.17) is 17.2 Å². The first-order chi connectivity index (χ1) is 8.88. The first kappa shape index (κ1) is 15.4. The summed E-state index contributed by atoms with van der Waals surface area (Å²) in [4.78, 5) is 35.0. The second-order valence-corrected chi connectivity index (χ2v) is 4.80. The molecule has 19 heavy (non-hydrogen) atoms. The van der Waals surface area contributed by atoms with Crippen LogP contribution in [-0.4, -0.2) is 54.3 Å². The van der Waals surface area contributed by atoms with Gasteiger partial charge < -0.3 is 22.5 Å². The van der Waals surface area contributed by atoms with Crippen LogP contribution in [-0.2, 0) is 14.4 Å². The van der Waals surface area contributed by atoms with Gasteiger partial charge in [0.25, 0.3) is 0 Å². The topological polar surface area (TPSA) is 145 Å². The zero-order valence-electron chi connectivity index (χ0n) is 10.8. The lowest BCUT2D eigenvalue weighted by molar-refractivity contribution is -0.127. The molecule has 0 aromatic heterocycles. The molecule has 0 bridgehead atoms. The van der Waals surface area contributed by atoms with Crippen LogP contribution < -0.4 is 22.5 Å². The molecule has 8 nitrogen and oxygen atoms in total. The predicted octanol–water partition coefficient (Wildman–Crippen LogP) is -2.74. The van der Waals surface area contributed by atoms with Crippen molar-refractivity contribution in [1.29, 1.82) is 0 Å². The first-order valence-corrected chi connectivity index (χ1v) is 6.23. The van der Waals surface area contributed by atoms with E-state index in [1.165, 1.54) is 0 Å². The fourth-order valence-electron chi connectivity index (χ4n) is 2.07. The van der Waals surface area contributed by atoms with Crippen molar-refractivity contribution in [2.45, 2.75) is 31.3 Å². The number of carbonyl (C=O) groups is 3. The highest BCUT2D eigenvalue weighted by molar-refractivity contribution is 5.87. The third kappa shape index (κ3) is 5.66. The van der Waals surface area contributed by atoms with Crippen molar-refractivity contribution in [3.63, 3.8) is 0 Å². The van der Waals surface area contributed by atoms with E-state index in [0.717, 1.165) is 12.8 Å². The van der Waals surface area contributed by atoms with Gasteiger partial charge in [-0.15, -0.1) is 0 Å². The lowest BCUT2D eigenvalue weighted by Crippen LogP contribution is -2.51. The van der Waals surface area contributed by atoms with Crippen molar-refractivity contribution < 1.29 is 14.4 Å². The molecule has 0 aromatic rings. The number of likely N-dealkylation sites (tertiary alicyclic amines) is 1. The number of amides is 3. The Balaban J connectivity index is 2.30. The monoisotopic (exact) mass is 271 g/mol. The van der Waals surface area contributed by atoms with Gasteiger partial charge in [-0.25, -0.2) is 0 Å². The number of hydrogen-bond donors (Lipinski definition) is 4. The Morgan fingerprint density at radius 3 is 2.21 bits per heavy atom. The number of nitrogens with zero attached hydrogens (tertiary/aromatic N) is 1. The Kier molecular flexibility index (Phi) is 5.71. The summed E-state index contributed by atoms with van der Waals surface area (Å²) < 4.78 is 0. The van der Waals surface area contributed by atoms with Crippen LogP contribution in [0.15, 0.2) is 0 Å².